The van der Waals surface area contributed by atoms with Crippen LogP contribution < -0.4 is 10.1 Å². The Morgan fingerprint density at radius 3 is 2.65 bits per heavy atom. The first-order valence-corrected chi connectivity index (χ1v) is 10.0. The zero-order chi connectivity index (χ0) is 19.0. The van der Waals surface area contributed by atoms with E-state index in [4.69, 9.17) is 9.15 Å². The van der Waals surface area contributed by atoms with Crippen molar-refractivity contribution in [2.75, 3.05) is 25.9 Å². The fraction of sp³-hybridized carbons (Fsp3) is 0.389. The molecule has 0 saturated carbocycles. The molecule has 2 rings (SSSR count). The molecule has 0 unspecified atom stereocenters. The van der Waals surface area contributed by atoms with Crippen molar-refractivity contribution in [3.8, 4) is 5.75 Å². The number of carbonyl (C=O) groups is 1. The normalized spacial score (nSPS) is 11.5. The van der Waals surface area contributed by atoms with E-state index in [-0.39, 0.29) is 24.0 Å². The number of furan rings is 1. The van der Waals surface area contributed by atoms with E-state index in [1.807, 2.05) is 30.3 Å². The Kier molecular flexibility index (Phi) is 7.23. The largest absolute Gasteiger partial charge is 0.489 e. The molecule has 1 heterocycles. The minimum Gasteiger partial charge on any atom is -0.489 e. The molecule has 0 aliphatic heterocycles. The van der Waals surface area contributed by atoms with Gasteiger partial charge in [-0.15, -0.1) is 0 Å². The van der Waals surface area contributed by atoms with Crippen LogP contribution in [-0.2, 0) is 16.6 Å². The van der Waals surface area contributed by atoms with Gasteiger partial charge in [-0.3, -0.25) is 4.79 Å². The van der Waals surface area contributed by atoms with Gasteiger partial charge in [-0.05, 0) is 31.5 Å². The first-order valence-electron chi connectivity index (χ1n) is 8.40. The molecular formula is C18H24N2O5S. The minimum absolute atomic E-state index is 0.0625. The van der Waals surface area contributed by atoms with Crippen molar-refractivity contribution < 1.29 is 22.4 Å². The van der Waals surface area contributed by atoms with E-state index in [0.29, 0.717) is 30.8 Å². The van der Waals surface area contributed by atoms with E-state index in [1.54, 1.807) is 13.0 Å². The van der Waals surface area contributed by atoms with Gasteiger partial charge in [-0.1, -0.05) is 18.2 Å². The third-order valence-electron chi connectivity index (χ3n) is 3.87. The highest BCUT2D eigenvalue weighted by molar-refractivity contribution is 7.89. The number of para-hydroxylation sites is 1. The standard InChI is InChI=1S/C18H24N2O5S/c1-3-26(22,23)20(2)12-7-11-19-18(21)17-15(10-13-24-17)14-25-16-8-5-4-6-9-16/h4-6,8-10,13H,3,7,11-12,14H2,1-2H3,(H,19,21). The van der Waals surface area contributed by atoms with Gasteiger partial charge in [-0.25, -0.2) is 12.7 Å². The maximum atomic E-state index is 12.2. The lowest BCUT2D eigenvalue weighted by Gasteiger charge is -2.15. The summed E-state index contributed by atoms with van der Waals surface area (Å²) >= 11 is 0. The van der Waals surface area contributed by atoms with Crippen LogP contribution in [0, 0.1) is 0 Å². The van der Waals surface area contributed by atoms with Crippen LogP contribution in [0.3, 0.4) is 0 Å². The molecule has 0 bridgehead atoms. The second-order valence-electron chi connectivity index (χ2n) is 5.71. The highest BCUT2D eigenvalue weighted by Crippen LogP contribution is 2.15. The first-order chi connectivity index (χ1) is 12.4. The Bertz CT molecular complexity index is 802. The quantitative estimate of drug-likeness (QED) is 0.639. The molecule has 142 valence electrons. The number of nitrogens with zero attached hydrogens (tertiary/aromatic N) is 1. The van der Waals surface area contributed by atoms with Gasteiger partial charge in [0.15, 0.2) is 5.76 Å². The highest BCUT2D eigenvalue weighted by atomic mass is 32.2. The molecule has 26 heavy (non-hydrogen) atoms. The summed E-state index contributed by atoms with van der Waals surface area (Å²) in [6, 6.07) is 11.0. The third kappa shape index (κ3) is 5.60. The van der Waals surface area contributed by atoms with Crippen LogP contribution in [0.5, 0.6) is 5.75 Å². The van der Waals surface area contributed by atoms with Crippen molar-refractivity contribution in [2.24, 2.45) is 0 Å². The molecule has 0 aliphatic rings. The van der Waals surface area contributed by atoms with Crippen LogP contribution in [0.1, 0.15) is 29.5 Å². The summed E-state index contributed by atoms with van der Waals surface area (Å²) in [7, 11) is -1.66. The molecule has 1 aromatic heterocycles. The summed E-state index contributed by atoms with van der Waals surface area (Å²) < 4.78 is 35.5. The van der Waals surface area contributed by atoms with Crippen molar-refractivity contribution in [1.82, 2.24) is 9.62 Å². The Balaban J connectivity index is 1.80. The molecular weight excluding hydrogens is 356 g/mol. The Morgan fingerprint density at radius 1 is 1.23 bits per heavy atom. The number of benzene rings is 1. The summed E-state index contributed by atoms with van der Waals surface area (Å²) in [5.74, 6) is 0.630. The van der Waals surface area contributed by atoms with Crippen molar-refractivity contribution in [1.29, 1.82) is 0 Å². The number of sulfonamides is 1. The van der Waals surface area contributed by atoms with Crippen molar-refractivity contribution in [3.63, 3.8) is 0 Å². The van der Waals surface area contributed by atoms with E-state index in [2.05, 4.69) is 5.32 Å². The van der Waals surface area contributed by atoms with Gasteiger partial charge in [0.1, 0.15) is 12.4 Å². The molecule has 0 spiro atoms. The average Bonchev–Trinajstić information content (AvgIpc) is 3.12. The van der Waals surface area contributed by atoms with Crippen LogP contribution in [0.25, 0.3) is 0 Å². The lowest BCUT2D eigenvalue weighted by molar-refractivity contribution is 0.0921. The molecule has 0 saturated heterocycles. The van der Waals surface area contributed by atoms with E-state index >= 15 is 0 Å². The van der Waals surface area contributed by atoms with Crippen LogP contribution in [0.15, 0.2) is 47.1 Å². The van der Waals surface area contributed by atoms with Gasteiger partial charge in [0.2, 0.25) is 10.0 Å². The van der Waals surface area contributed by atoms with Gasteiger partial charge in [-0.2, -0.15) is 0 Å². The molecule has 1 N–H and O–H groups in total. The summed E-state index contributed by atoms with van der Waals surface area (Å²) in [4.78, 5) is 12.2. The van der Waals surface area contributed by atoms with E-state index < -0.39 is 10.0 Å². The Hall–Kier alpha value is -2.32. The monoisotopic (exact) mass is 380 g/mol. The second kappa shape index (κ2) is 9.40. The summed E-state index contributed by atoms with van der Waals surface area (Å²) in [5, 5.41) is 2.74. The van der Waals surface area contributed by atoms with E-state index in [1.165, 1.54) is 17.6 Å². The predicted molar refractivity (Wildman–Crippen MR) is 98.5 cm³/mol. The third-order valence-corrected chi connectivity index (χ3v) is 5.73. The molecule has 7 nitrogen and oxygen atoms in total. The molecule has 0 radical (unpaired) electrons. The number of hydrogen-bond acceptors (Lipinski definition) is 5. The second-order valence-corrected chi connectivity index (χ2v) is 8.07. The minimum atomic E-state index is -3.20. The topological polar surface area (TPSA) is 88.9 Å². The fourth-order valence-electron chi connectivity index (χ4n) is 2.27. The zero-order valence-corrected chi connectivity index (χ0v) is 15.8. The van der Waals surface area contributed by atoms with Gasteiger partial charge in [0.05, 0.1) is 12.0 Å². The zero-order valence-electron chi connectivity index (χ0n) is 15.0. The van der Waals surface area contributed by atoms with Crippen LogP contribution in [0.4, 0.5) is 0 Å². The molecule has 8 heteroatoms. The number of rotatable bonds is 10. The molecule has 2 aromatic rings. The summed E-state index contributed by atoms with van der Waals surface area (Å²) in [6.07, 6.45) is 1.96. The number of amides is 1. The van der Waals surface area contributed by atoms with Gasteiger partial charge >= 0.3 is 0 Å². The number of hydrogen-bond donors (Lipinski definition) is 1. The van der Waals surface area contributed by atoms with Crippen LogP contribution in [-0.4, -0.2) is 44.5 Å². The van der Waals surface area contributed by atoms with Crippen molar-refractivity contribution in [2.45, 2.75) is 20.0 Å². The van der Waals surface area contributed by atoms with Crippen molar-refractivity contribution in [3.05, 3.63) is 54.0 Å². The Labute approximate surface area is 154 Å². The number of carbonyl (C=O) groups excluding carboxylic acids is 1. The Morgan fingerprint density at radius 2 is 1.96 bits per heavy atom. The summed E-state index contributed by atoms with van der Waals surface area (Å²) in [6.45, 7) is 2.52. The predicted octanol–water partition coefficient (Wildman–Crippen LogP) is 2.26. The van der Waals surface area contributed by atoms with Gasteiger partial charge in [0.25, 0.3) is 5.91 Å². The fourth-order valence-corrected chi connectivity index (χ4v) is 3.12. The van der Waals surface area contributed by atoms with Gasteiger partial charge in [0, 0.05) is 25.7 Å². The maximum absolute atomic E-state index is 12.2. The lowest BCUT2D eigenvalue weighted by Crippen LogP contribution is -2.32. The molecule has 1 amide bonds. The molecule has 0 aliphatic carbocycles. The van der Waals surface area contributed by atoms with Gasteiger partial charge < -0.3 is 14.5 Å². The maximum Gasteiger partial charge on any atom is 0.287 e. The first kappa shape index (κ1) is 20.0. The van der Waals surface area contributed by atoms with Crippen LogP contribution in [0.2, 0.25) is 0 Å². The highest BCUT2D eigenvalue weighted by Gasteiger charge is 2.17. The lowest BCUT2D eigenvalue weighted by atomic mass is 10.2. The summed E-state index contributed by atoms with van der Waals surface area (Å²) in [5.41, 5.74) is 0.650. The van der Waals surface area contributed by atoms with E-state index in [9.17, 15) is 13.2 Å². The number of ether oxygens (including phenoxy) is 1. The smallest absolute Gasteiger partial charge is 0.287 e. The van der Waals surface area contributed by atoms with Crippen LogP contribution >= 0.6 is 0 Å². The molecule has 0 atom stereocenters. The van der Waals surface area contributed by atoms with Crippen molar-refractivity contribution >= 4 is 15.9 Å². The average molecular weight is 380 g/mol. The molecule has 1 aromatic carbocycles. The van der Waals surface area contributed by atoms with E-state index in [0.717, 1.165) is 0 Å². The molecule has 0 fully saturated rings. The number of nitrogens with one attached hydrogen (secondary N) is 1. The SMILES string of the molecule is CCS(=O)(=O)N(C)CCCNC(=O)c1occc1COc1ccccc1.